The van der Waals surface area contributed by atoms with Crippen molar-refractivity contribution in [3.63, 3.8) is 0 Å². The van der Waals surface area contributed by atoms with Crippen LogP contribution in [0, 0.1) is 29.1 Å². The normalized spacial score (nSPS) is 32.5. The maximum absolute atomic E-state index is 8.91. The Morgan fingerprint density at radius 3 is 2.00 bits per heavy atom. The molecule has 0 N–H and O–H groups in total. The van der Waals surface area contributed by atoms with E-state index in [0.717, 1.165) is 44.1 Å². The fourth-order valence-corrected chi connectivity index (χ4v) is 4.28. The molecule has 22 heavy (non-hydrogen) atoms. The summed E-state index contributed by atoms with van der Waals surface area (Å²) in [6.07, 6.45) is 17.5. The third-order valence-electron chi connectivity index (χ3n) is 5.90. The molecule has 2 heteroatoms. The van der Waals surface area contributed by atoms with Crippen molar-refractivity contribution in [3.05, 3.63) is 0 Å². The smallest absolute Gasteiger partial charge is 0.0655 e. The lowest BCUT2D eigenvalue weighted by molar-refractivity contribution is 0.0187. The highest BCUT2D eigenvalue weighted by Crippen LogP contribution is 2.34. The van der Waals surface area contributed by atoms with Crippen LogP contribution in [0.25, 0.3) is 0 Å². The summed E-state index contributed by atoms with van der Waals surface area (Å²) >= 11 is 0. The van der Waals surface area contributed by atoms with Gasteiger partial charge in [-0.15, -0.1) is 0 Å². The molecule has 0 aromatic rings. The van der Waals surface area contributed by atoms with E-state index in [1.807, 2.05) is 0 Å². The first-order valence-electron chi connectivity index (χ1n) is 9.83. The Labute approximate surface area is 137 Å². The first-order chi connectivity index (χ1) is 10.8. The number of unbranched alkanes of at least 4 members (excludes halogenated alkanes) is 1. The van der Waals surface area contributed by atoms with Crippen molar-refractivity contribution >= 4 is 0 Å². The molecule has 0 atom stereocenters. The summed E-state index contributed by atoms with van der Waals surface area (Å²) in [6.45, 7) is 3.25. The first-order valence-corrected chi connectivity index (χ1v) is 9.83. The Bertz CT molecular complexity index is 319. The fourth-order valence-electron chi connectivity index (χ4n) is 4.28. The summed E-state index contributed by atoms with van der Waals surface area (Å²) in [6, 6.07) is 2.40. The molecule has 0 bridgehead atoms. The van der Waals surface area contributed by atoms with E-state index in [9.17, 15) is 0 Å². The minimum Gasteiger partial charge on any atom is -0.378 e. The number of hydrogen-bond acceptors (Lipinski definition) is 2. The van der Waals surface area contributed by atoms with Crippen LogP contribution in [0.5, 0.6) is 0 Å². The van der Waals surface area contributed by atoms with Crippen LogP contribution in [0.1, 0.15) is 90.4 Å². The van der Waals surface area contributed by atoms with Gasteiger partial charge in [-0.1, -0.05) is 51.9 Å². The van der Waals surface area contributed by atoms with Crippen LogP contribution in [-0.2, 0) is 4.74 Å². The topological polar surface area (TPSA) is 33.0 Å². The lowest BCUT2D eigenvalue weighted by Gasteiger charge is -2.29. The van der Waals surface area contributed by atoms with Gasteiger partial charge in [0.2, 0.25) is 0 Å². The molecular weight excluding hydrogens is 270 g/mol. The molecule has 0 radical (unpaired) electrons. The van der Waals surface area contributed by atoms with Crippen molar-refractivity contribution in [2.75, 3.05) is 6.61 Å². The number of nitriles is 1. The van der Waals surface area contributed by atoms with Crippen molar-refractivity contribution in [3.8, 4) is 6.07 Å². The van der Waals surface area contributed by atoms with Gasteiger partial charge in [-0.25, -0.2) is 0 Å². The second kappa shape index (κ2) is 10.3. The summed E-state index contributed by atoms with van der Waals surface area (Å²) in [5.41, 5.74) is 0. The second-order valence-electron chi connectivity index (χ2n) is 7.64. The van der Waals surface area contributed by atoms with Crippen LogP contribution in [0.2, 0.25) is 0 Å². The highest BCUT2D eigenvalue weighted by molar-refractivity contribution is 4.87. The molecule has 2 aliphatic rings. The molecule has 2 fully saturated rings. The van der Waals surface area contributed by atoms with Crippen LogP contribution >= 0.6 is 0 Å². The van der Waals surface area contributed by atoms with Crippen LogP contribution in [-0.4, -0.2) is 12.7 Å². The third-order valence-corrected chi connectivity index (χ3v) is 5.90. The lowest BCUT2D eigenvalue weighted by atomic mass is 9.78. The van der Waals surface area contributed by atoms with Gasteiger partial charge in [0.1, 0.15) is 0 Å². The van der Waals surface area contributed by atoms with Gasteiger partial charge in [-0.2, -0.15) is 5.26 Å². The molecule has 2 aliphatic carbocycles. The van der Waals surface area contributed by atoms with E-state index in [-0.39, 0.29) is 0 Å². The zero-order valence-electron chi connectivity index (χ0n) is 14.6. The molecule has 0 saturated heterocycles. The van der Waals surface area contributed by atoms with E-state index in [2.05, 4.69) is 13.0 Å². The van der Waals surface area contributed by atoms with E-state index in [4.69, 9.17) is 10.00 Å². The predicted octanol–water partition coefficient (Wildman–Crippen LogP) is 5.86. The molecule has 2 rings (SSSR count). The van der Waals surface area contributed by atoms with Crippen LogP contribution in [0.15, 0.2) is 0 Å². The van der Waals surface area contributed by atoms with Crippen molar-refractivity contribution in [1.29, 1.82) is 5.26 Å². The molecule has 0 unspecified atom stereocenters. The highest BCUT2D eigenvalue weighted by Gasteiger charge is 2.22. The van der Waals surface area contributed by atoms with E-state index >= 15 is 0 Å². The maximum Gasteiger partial charge on any atom is 0.0655 e. The fraction of sp³-hybridized carbons (Fsp3) is 0.950. The Hall–Kier alpha value is -0.550. The minimum absolute atomic E-state index is 0.294. The SMILES string of the molecule is CCCCC1CCC(CCCOC2CCC(C#N)CC2)CC1. The van der Waals surface area contributed by atoms with Gasteiger partial charge in [0.25, 0.3) is 0 Å². The van der Waals surface area contributed by atoms with Gasteiger partial charge in [-0.3, -0.25) is 0 Å². The largest absolute Gasteiger partial charge is 0.378 e. The quantitative estimate of drug-likeness (QED) is 0.526. The van der Waals surface area contributed by atoms with E-state index in [0.29, 0.717) is 12.0 Å². The molecule has 0 spiro atoms. The monoisotopic (exact) mass is 305 g/mol. The van der Waals surface area contributed by atoms with E-state index in [1.54, 1.807) is 0 Å². The van der Waals surface area contributed by atoms with Gasteiger partial charge < -0.3 is 4.74 Å². The Morgan fingerprint density at radius 2 is 1.45 bits per heavy atom. The summed E-state index contributed by atoms with van der Waals surface area (Å²) in [5, 5.41) is 8.91. The average molecular weight is 306 g/mol. The molecule has 0 aliphatic heterocycles. The number of rotatable bonds is 8. The summed E-state index contributed by atoms with van der Waals surface area (Å²) < 4.78 is 6.03. The van der Waals surface area contributed by atoms with Crippen molar-refractivity contribution in [2.24, 2.45) is 17.8 Å². The molecule has 0 aromatic carbocycles. The average Bonchev–Trinajstić information content (AvgIpc) is 2.58. The van der Waals surface area contributed by atoms with Gasteiger partial charge in [0, 0.05) is 12.5 Å². The summed E-state index contributed by atoms with van der Waals surface area (Å²) in [4.78, 5) is 0. The van der Waals surface area contributed by atoms with Crippen molar-refractivity contribution in [2.45, 2.75) is 96.5 Å². The lowest BCUT2D eigenvalue weighted by Crippen LogP contribution is -2.22. The van der Waals surface area contributed by atoms with E-state index < -0.39 is 0 Å². The molecule has 2 nitrogen and oxygen atoms in total. The molecule has 2 saturated carbocycles. The zero-order valence-corrected chi connectivity index (χ0v) is 14.6. The second-order valence-corrected chi connectivity index (χ2v) is 7.64. The standard InChI is InChI=1S/C20H35NO/c1-2-3-5-17-7-9-18(10-8-17)6-4-15-22-20-13-11-19(16-21)12-14-20/h17-20H,2-15H2,1H3. The minimum atomic E-state index is 0.294. The predicted molar refractivity (Wildman–Crippen MR) is 91.5 cm³/mol. The first kappa shape index (κ1) is 17.8. The van der Waals surface area contributed by atoms with E-state index in [1.165, 1.54) is 57.8 Å². The Balaban J connectivity index is 1.47. The van der Waals surface area contributed by atoms with Gasteiger partial charge >= 0.3 is 0 Å². The Kier molecular flexibility index (Phi) is 8.31. The summed E-state index contributed by atoms with van der Waals surface area (Å²) in [5.74, 6) is 2.29. The third kappa shape index (κ3) is 6.29. The molecule has 0 aromatic heterocycles. The van der Waals surface area contributed by atoms with Crippen molar-refractivity contribution < 1.29 is 4.74 Å². The maximum atomic E-state index is 8.91. The molecule has 0 heterocycles. The molecular formula is C20H35NO. The zero-order chi connectivity index (χ0) is 15.6. The van der Waals surface area contributed by atoms with Crippen LogP contribution in [0.3, 0.4) is 0 Å². The van der Waals surface area contributed by atoms with Gasteiger partial charge in [-0.05, 0) is 50.4 Å². The highest BCUT2D eigenvalue weighted by atomic mass is 16.5. The van der Waals surface area contributed by atoms with Crippen LogP contribution < -0.4 is 0 Å². The van der Waals surface area contributed by atoms with Crippen LogP contribution in [0.4, 0.5) is 0 Å². The summed E-state index contributed by atoms with van der Waals surface area (Å²) in [7, 11) is 0. The number of ether oxygens (including phenoxy) is 1. The van der Waals surface area contributed by atoms with Gasteiger partial charge in [0.15, 0.2) is 0 Å². The van der Waals surface area contributed by atoms with Gasteiger partial charge in [0.05, 0.1) is 12.2 Å². The molecule has 126 valence electrons. The van der Waals surface area contributed by atoms with Crippen molar-refractivity contribution in [1.82, 2.24) is 0 Å². The molecule has 0 amide bonds. The Morgan fingerprint density at radius 1 is 0.864 bits per heavy atom. The number of hydrogen-bond donors (Lipinski definition) is 0. The number of nitrogens with zero attached hydrogens (tertiary/aromatic N) is 1.